The van der Waals surface area contributed by atoms with Crippen molar-refractivity contribution in [1.82, 2.24) is 0 Å². The van der Waals surface area contributed by atoms with Crippen molar-refractivity contribution in [2.24, 2.45) is 17.8 Å². The van der Waals surface area contributed by atoms with Crippen molar-refractivity contribution in [3.8, 4) is 0 Å². The van der Waals surface area contributed by atoms with E-state index in [1.54, 1.807) is 0 Å². The highest BCUT2D eigenvalue weighted by atomic mass is 35.5. The molecule has 0 aromatic rings. The highest BCUT2D eigenvalue weighted by molar-refractivity contribution is 6.20. The molecule has 11 heavy (non-hydrogen) atoms. The summed E-state index contributed by atoms with van der Waals surface area (Å²) in [5.41, 5.74) is 0. The van der Waals surface area contributed by atoms with E-state index in [1.807, 2.05) is 0 Å². The highest BCUT2D eigenvalue weighted by Gasteiger charge is 2.18. The molecule has 1 heteroatoms. The van der Waals surface area contributed by atoms with Crippen LogP contribution in [0.25, 0.3) is 0 Å². The third kappa shape index (κ3) is 4.68. The van der Waals surface area contributed by atoms with E-state index in [0.29, 0.717) is 17.2 Å². The Balaban J connectivity index is 3.73. The average Bonchev–Trinajstić information content (AvgIpc) is 1.84. The SMILES string of the molecule is CC(C)CC(C)C(Cl)C(C)C. The molecule has 2 unspecified atom stereocenters. The molecule has 0 fully saturated rings. The van der Waals surface area contributed by atoms with Crippen LogP contribution in [0.15, 0.2) is 0 Å². The van der Waals surface area contributed by atoms with Crippen molar-refractivity contribution in [2.45, 2.75) is 46.4 Å². The Kier molecular flexibility index (Phi) is 5.16. The van der Waals surface area contributed by atoms with E-state index in [0.717, 1.165) is 5.92 Å². The van der Waals surface area contributed by atoms with Crippen molar-refractivity contribution in [1.29, 1.82) is 0 Å². The number of hydrogen-bond acceptors (Lipinski definition) is 0. The zero-order valence-corrected chi connectivity index (χ0v) is 9.15. The van der Waals surface area contributed by atoms with Crippen molar-refractivity contribution in [3.05, 3.63) is 0 Å². The summed E-state index contributed by atoms with van der Waals surface area (Å²) in [5.74, 6) is 2.02. The first-order valence-electron chi connectivity index (χ1n) is 4.59. The fourth-order valence-electron chi connectivity index (χ4n) is 1.53. The lowest BCUT2D eigenvalue weighted by atomic mass is 9.90. The smallest absolute Gasteiger partial charge is 0.0384 e. The number of halogens is 1. The van der Waals surface area contributed by atoms with Gasteiger partial charge in [-0.1, -0.05) is 34.6 Å². The van der Waals surface area contributed by atoms with Crippen LogP contribution in [0.4, 0.5) is 0 Å². The first kappa shape index (κ1) is 11.3. The van der Waals surface area contributed by atoms with Crippen LogP contribution in [0.1, 0.15) is 41.0 Å². The molecule has 0 saturated carbocycles. The Morgan fingerprint density at radius 2 is 1.45 bits per heavy atom. The van der Waals surface area contributed by atoms with Crippen LogP contribution in [0.2, 0.25) is 0 Å². The molecule has 0 aliphatic rings. The molecule has 0 saturated heterocycles. The summed E-state index contributed by atoms with van der Waals surface area (Å²) in [7, 11) is 0. The summed E-state index contributed by atoms with van der Waals surface area (Å²) in [6.07, 6.45) is 1.24. The van der Waals surface area contributed by atoms with Gasteiger partial charge in [0.05, 0.1) is 0 Å². The molecular weight excluding hydrogens is 156 g/mol. The molecule has 0 spiro atoms. The van der Waals surface area contributed by atoms with Crippen molar-refractivity contribution >= 4 is 11.6 Å². The van der Waals surface area contributed by atoms with Gasteiger partial charge in [0.25, 0.3) is 0 Å². The van der Waals surface area contributed by atoms with Crippen LogP contribution in [0, 0.1) is 17.8 Å². The average molecular weight is 177 g/mol. The highest BCUT2D eigenvalue weighted by Crippen LogP contribution is 2.24. The van der Waals surface area contributed by atoms with Gasteiger partial charge in [-0.3, -0.25) is 0 Å². The van der Waals surface area contributed by atoms with Gasteiger partial charge in [-0.15, -0.1) is 11.6 Å². The van der Waals surface area contributed by atoms with Gasteiger partial charge in [-0.25, -0.2) is 0 Å². The maximum atomic E-state index is 6.21. The molecule has 0 N–H and O–H groups in total. The number of alkyl halides is 1. The molecule has 0 nitrogen and oxygen atoms in total. The number of rotatable bonds is 4. The Hall–Kier alpha value is 0.290. The molecule has 0 amide bonds. The van der Waals surface area contributed by atoms with E-state index < -0.39 is 0 Å². The topological polar surface area (TPSA) is 0 Å². The Morgan fingerprint density at radius 3 is 1.73 bits per heavy atom. The van der Waals surface area contributed by atoms with Gasteiger partial charge in [0, 0.05) is 5.38 Å². The zero-order valence-electron chi connectivity index (χ0n) is 8.39. The molecule has 0 aliphatic carbocycles. The Bertz CT molecular complexity index is 97.0. The second-order valence-electron chi connectivity index (χ2n) is 4.30. The quantitative estimate of drug-likeness (QED) is 0.570. The Morgan fingerprint density at radius 1 is 1.00 bits per heavy atom. The third-order valence-electron chi connectivity index (χ3n) is 2.02. The van der Waals surface area contributed by atoms with Crippen LogP contribution in [0.3, 0.4) is 0 Å². The van der Waals surface area contributed by atoms with E-state index >= 15 is 0 Å². The van der Waals surface area contributed by atoms with Crippen molar-refractivity contribution < 1.29 is 0 Å². The van der Waals surface area contributed by atoms with E-state index in [1.165, 1.54) is 6.42 Å². The van der Waals surface area contributed by atoms with Gasteiger partial charge >= 0.3 is 0 Å². The van der Waals surface area contributed by atoms with Crippen LogP contribution in [0.5, 0.6) is 0 Å². The maximum Gasteiger partial charge on any atom is 0.0384 e. The molecule has 0 rings (SSSR count). The van der Waals surface area contributed by atoms with Crippen LogP contribution >= 0.6 is 11.6 Å². The van der Waals surface area contributed by atoms with Crippen molar-refractivity contribution in [2.75, 3.05) is 0 Å². The zero-order chi connectivity index (χ0) is 9.02. The second-order valence-corrected chi connectivity index (χ2v) is 4.80. The first-order valence-corrected chi connectivity index (χ1v) is 5.02. The van der Waals surface area contributed by atoms with E-state index in [-0.39, 0.29) is 0 Å². The standard InChI is InChI=1S/C10H21Cl/c1-7(2)6-9(5)10(11)8(3)4/h7-10H,6H2,1-5H3. The number of hydrogen-bond donors (Lipinski definition) is 0. The van der Waals surface area contributed by atoms with Gasteiger partial charge in [0.15, 0.2) is 0 Å². The fourth-order valence-corrected chi connectivity index (χ4v) is 1.63. The summed E-state index contributed by atoms with van der Waals surface area (Å²) in [6.45, 7) is 11.1. The molecule has 0 bridgehead atoms. The summed E-state index contributed by atoms with van der Waals surface area (Å²) < 4.78 is 0. The summed E-state index contributed by atoms with van der Waals surface area (Å²) in [4.78, 5) is 0. The van der Waals surface area contributed by atoms with E-state index in [2.05, 4.69) is 34.6 Å². The van der Waals surface area contributed by atoms with Crippen LogP contribution < -0.4 is 0 Å². The summed E-state index contributed by atoms with van der Waals surface area (Å²) in [6, 6.07) is 0. The molecule has 0 heterocycles. The van der Waals surface area contributed by atoms with Gasteiger partial charge in [-0.2, -0.15) is 0 Å². The van der Waals surface area contributed by atoms with Gasteiger partial charge in [0.1, 0.15) is 0 Å². The molecule has 0 aromatic carbocycles. The van der Waals surface area contributed by atoms with E-state index in [4.69, 9.17) is 11.6 Å². The summed E-state index contributed by atoms with van der Waals surface area (Å²) >= 11 is 6.21. The van der Waals surface area contributed by atoms with Crippen molar-refractivity contribution in [3.63, 3.8) is 0 Å². The molecule has 68 valence electrons. The lowest BCUT2D eigenvalue weighted by molar-refractivity contribution is 0.375. The second kappa shape index (κ2) is 5.03. The molecule has 0 aliphatic heterocycles. The summed E-state index contributed by atoms with van der Waals surface area (Å²) in [5, 5.41) is 0.345. The normalized spacial score (nSPS) is 17.5. The molecular formula is C10H21Cl. The Labute approximate surface area is 76.3 Å². The largest absolute Gasteiger partial charge is 0.122 e. The fraction of sp³-hybridized carbons (Fsp3) is 1.00. The molecule has 2 atom stereocenters. The minimum Gasteiger partial charge on any atom is -0.122 e. The van der Waals surface area contributed by atoms with Gasteiger partial charge in [-0.05, 0) is 24.2 Å². The monoisotopic (exact) mass is 176 g/mol. The van der Waals surface area contributed by atoms with E-state index in [9.17, 15) is 0 Å². The van der Waals surface area contributed by atoms with Crippen LogP contribution in [-0.4, -0.2) is 5.38 Å². The molecule has 0 radical (unpaired) electrons. The third-order valence-corrected chi connectivity index (χ3v) is 2.96. The van der Waals surface area contributed by atoms with Gasteiger partial charge in [0.2, 0.25) is 0 Å². The first-order chi connectivity index (χ1) is 4.95. The minimum atomic E-state index is 0.345. The minimum absolute atomic E-state index is 0.345. The van der Waals surface area contributed by atoms with Gasteiger partial charge < -0.3 is 0 Å². The van der Waals surface area contributed by atoms with Crippen LogP contribution in [-0.2, 0) is 0 Å². The lowest BCUT2D eigenvalue weighted by Crippen LogP contribution is -2.19. The lowest BCUT2D eigenvalue weighted by Gasteiger charge is -2.22. The predicted octanol–water partition coefficient (Wildman–Crippen LogP) is 3.93. The predicted molar refractivity (Wildman–Crippen MR) is 53.1 cm³/mol. The molecule has 0 aromatic heterocycles. The maximum absolute atomic E-state index is 6.21.